The Bertz CT molecular complexity index is 641. The zero-order valence-corrected chi connectivity index (χ0v) is 14.9. The molecule has 0 aromatic heterocycles. The fourth-order valence-corrected chi connectivity index (χ4v) is 2.63. The third-order valence-corrected chi connectivity index (χ3v) is 4.12. The SMILES string of the molecule is CCCCNC1/C=C/C(Br)=C\C=C\C(=O)/C1=C/c1ccccc1. The number of ketones is 1. The second-order valence-electron chi connectivity index (χ2n) is 5.43. The number of hydrogen-bond donors (Lipinski definition) is 1. The molecule has 1 aromatic rings. The summed E-state index contributed by atoms with van der Waals surface area (Å²) in [7, 11) is 0. The molecule has 1 unspecified atom stereocenters. The lowest BCUT2D eigenvalue weighted by Gasteiger charge is -2.17. The first-order valence-corrected chi connectivity index (χ1v) is 8.76. The fraction of sp³-hybridized carbons (Fsp3) is 0.250. The highest BCUT2D eigenvalue weighted by atomic mass is 79.9. The lowest BCUT2D eigenvalue weighted by atomic mass is 9.98. The number of rotatable bonds is 5. The summed E-state index contributed by atoms with van der Waals surface area (Å²) in [5.74, 6) is 0.0333. The second-order valence-corrected chi connectivity index (χ2v) is 6.35. The quantitative estimate of drug-likeness (QED) is 0.594. The van der Waals surface area contributed by atoms with E-state index in [1.807, 2.05) is 54.6 Å². The van der Waals surface area contributed by atoms with E-state index >= 15 is 0 Å². The molecule has 0 fully saturated rings. The van der Waals surface area contributed by atoms with Gasteiger partial charge in [-0.25, -0.2) is 0 Å². The van der Waals surface area contributed by atoms with E-state index < -0.39 is 0 Å². The van der Waals surface area contributed by atoms with Crippen molar-refractivity contribution >= 4 is 27.8 Å². The first-order chi connectivity index (χ1) is 11.2. The van der Waals surface area contributed by atoms with Crippen molar-refractivity contribution < 1.29 is 4.79 Å². The maximum Gasteiger partial charge on any atom is 0.183 e. The van der Waals surface area contributed by atoms with Gasteiger partial charge in [-0.1, -0.05) is 77.8 Å². The molecule has 1 aromatic carbocycles. The van der Waals surface area contributed by atoms with Gasteiger partial charge < -0.3 is 5.32 Å². The van der Waals surface area contributed by atoms with Crippen LogP contribution in [0.1, 0.15) is 25.3 Å². The van der Waals surface area contributed by atoms with Gasteiger partial charge in [0, 0.05) is 10.1 Å². The molecule has 2 rings (SSSR count). The van der Waals surface area contributed by atoms with Gasteiger partial charge in [0.15, 0.2) is 5.78 Å². The van der Waals surface area contributed by atoms with E-state index in [2.05, 4.69) is 28.2 Å². The van der Waals surface area contributed by atoms with E-state index in [0.717, 1.165) is 35.0 Å². The van der Waals surface area contributed by atoms with Crippen LogP contribution >= 0.6 is 15.9 Å². The molecule has 0 heterocycles. The Balaban J connectivity index is 2.36. The number of allylic oxidation sites excluding steroid dienone is 5. The van der Waals surface area contributed by atoms with E-state index in [0.29, 0.717) is 0 Å². The third kappa shape index (κ3) is 5.77. The molecule has 0 saturated carbocycles. The molecule has 0 radical (unpaired) electrons. The molecule has 0 amide bonds. The molecule has 0 aliphatic heterocycles. The largest absolute Gasteiger partial charge is 0.307 e. The van der Waals surface area contributed by atoms with Gasteiger partial charge in [0.1, 0.15) is 0 Å². The van der Waals surface area contributed by atoms with Gasteiger partial charge in [-0.3, -0.25) is 4.79 Å². The van der Waals surface area contributed by atoms with Gasteiger partial charge in [0.2, 0.25) is 0 Å². The Kier molecular flexibility index (Phi) is 7.24. The Morgan fingerprint density at radius 3 is 2.74 bits per heavy atom. The van der Waals surface area contributed by atoms with E-state index in [9.17, 15) is 4.79 Å². The topological polar surface area (TPSA) is 29.1 Å². The van der Waals surface area contributed by atoms with Crippen molar-refractivity contribution in [1.29, 1.82) is 0 Å². The summed E-state index contributed by atoms with van der Waals surface area (Å²) < 4.78 is 0.949. The predicted octanol–water partition coefficient (Wildman–Crippen LogP) is 4.80. The number of halogens is 1. The van der Waals surface area contributed by atoms with Crippen LogP contribution in [-0.2, 0) is 4.79 Å². The molecular weight excluding hydrogens is 350 g/mol. The van der Waals surface area contributed by atoms with Gasteiger partial charge in [0.05, 0.1) is 6.04 Å². The van der Waals surface area contributed by atoms with E-state index in [1.54, 1.807) is 12.2 Å². The number of nitrogens with one attached hydrogen (secondary N) is 1. The zero-order chi connectivity index (χ0) is 16.5. The molecule has 23 heavy (non-hydrogen) atoms. The number of benzene rings is 1. The summed E-state index contributed by atoms with van der Waals surface area (Å²) in [5.41, 5.74) is 1.79. The van der Waals surface area contributed by atoms with Crippen LogP contribution in [0.4, 0.5) is 0 Å². The minimum absolute atomic E-state index is 0.0333. The van der Waals surface area contributed by atoms with E-state index in [-0.39, 0.29) is 11.8 Å². The predicted molar refractivity (Wildman–Crippen MR) is 101 cm³/mol. The van der Waals surface area contributed by atoms with Crippen LogP contribution in [0, 0.1) is 0 Å². The van der Waals surface area contributed by atoms with Gasteiger partial charge in [0.25, 0.3) is 0 Å². The molecule has 3 heteroatoms. The number of carbonyl (C=O) groups excluding carboxylic acids is 1. The highest BCUT2D eigenvalue weighted by Gasteiger charge is 2.17. The average molecular weight is 372 g/mol. The maximum atomic E-state index is 12.6. The lowest BCUT2D eigenvalue weighted by Crippen LogP contribution is -2.32. The first kappa shape index (κ1) is 17.6. The summed E-state index contributed by atoms with van der Waals surface area (Å²) in [6.07, 6.45) is 13.5. The summed E-state index contributed by atoms with van der Waals surface area (Å²) in [6.45, 7) is 3.05. The molecule has 1 aliphatic carbocycles. The molecule has 2 nitrogen and oxygen atoms in total. The standard InChI is InChI=1S/C20H22BrNO/c1-2-3-14-22-19-13-12-17(21)10-7-11-20(23)18(19)15-16-8-5-4-6-9-16/h4-13,15,19,22H,2-3,14H2,1H3/b11-7+,13-12+,17-10+,18-15+. The van der Waals surface area contributed by atoms with Crippen LogP contribution < -0.4 is 5.32 Å². The monoisotopic (exact) mass is 371 g/mol. The number of hydrogen-bond acceptors (Lipinski definition) is 2. The Morgan fingerprint density at radius 1 is 1.22 bits per heavy atom. The molecular formula is C20H22BrNO. The molecule has 1 N–H and O–H groups in total. The van der Waals surface area contributed by atoms with E-state index in [1.165, 1.54) is 0 Å². The van der Waals surface area contributed by atoms with Crippen LogP contribution in [0.25, 0.3) is 6.08 Å². The molecule has 120 valence electrons. The maximum absolute atomic E-state index is 12.6. The average Bonchev–Trinajstić information content (AvgIpc) is 2.62. The molecule has 0 bridgehead atoms. The number of carbonyl (C=O) groups is 1. The van der Waals surface area contributed by atoms with Crippen molar-refractivity contribution in [3.8, 4) is 0 Å². The highest BCUT2D eigenvalue weighted by Crippen LogP contribution is 2.17. The van der Waals surface area contributed by atoms with E-state index in [4.69, 9.17) is 0 Å². The van der Waals surface area contributed by atoms with Gasteiger partial charge >= 0.3 is 0 Å². The fourth-order valence-electron chi connectivity index (χ4n) is 2.33. The summed E-state index contributed by atoms with van der Waals surface area (Å²) in [4.78, 5) is 12.6. The van der Waals surface area contributed by atoms with Crippen molar-refractivity contribution in [1.82, 2.24) is 5.32 Å². The van der Waals surface area contributed by atoms with Crippen LogP contribution in [0.5, 0.6) is 0 Å². The molecule has 0 saturated heterocycles. The van der Waals surface area contributed by atoms with Crippen LogP contribution in [-0.4, -0.2) is 18.4 Å². The normalized spacial score (nSPS) is 25.1. The van der Waals surface area contributed by atoms with Crippen LogP contribution in [0.2, 0.25) is 0 Å². The van der Waals surface area contributed by atoms with Crippen molar-refractivity contribution in [2.45, 2.75) is 25.8 Å². The van der Waals surface area contributed by atoms with Crippen molar-refractivity contribution in [2.24, 2.45) is 0 Å². The molecule has 1 atom stereocenters. The van der Waals surface area contributed by atoms with Crippen molar-refractivity contribution in [3.05, 3.63) is 76.3 Å². The number of unbranched alkanes of at least 4 members (excludes halogenated alkanes) is 1. The van der Waals surface area contributed by atoms with Gasteiger partial charge in [-0.2, -0.15) is 0 Å². The van der Waals surface area contributed by atoms with Crippen molar-refractivity contribution in [2.75, 3.05) is 6.54 Å². The molecule has 0 spiro atoms. The first-order valence-electron chi connectivity index (χ1n) is 7.97. The Morgan fingerprint density at radius 2 is 2.00 bits per heavy atom. The third-order valence-electron chi connectivity index (χ3n) is 3.59. The summed E-state index contributed by atoms with van der Waals surface area (Å²) in [5, 5.41) is 3.48. The summed E-state index contributed by atoms with van der Waals surface area (Å²) in [6, 6.07) is 9.86. The second kappa shape index (κ2) is 9.43. The Hall–Kier alpha value is -1.71. The van der Waals surface area contributed by atoms with Gasteiger partial charge in [-0.05, 0) is 36.8 Å². The van der Waals surface area contributed by atoms with Crippen molar-refractivity contribution in [3.63, 3.8) is 0 Å². The molecule has 1 aliphatic rings. The zero-order valence-electron chi connectivity index (χ0n) is 13.3. The van der Waals surface area contributed by atoms with Gasteiger partial charge in [-0.15, -0.1) is 0 Å². The Labute approximate surface area is 146 Å². The van der Waals surface area contributed by atoms with Crippen LogP contribution in [0.3, 0.4) is 0 Å². The summed E-state index contributed by atoms with van der Waals surface area (Å²) >= 11 is 3.49. The highest BCUT2D eigenvalue weighted by molar-refractivity contribution is 9.11. The smallest absolute Gasteiger partial charge is 0.183 e. The minimum atomic E-state index is -0.0991. The lowest BCUT2D eigenvalue weighted by molar-refractivity contribution is -0.111. The minimum Gasteiger partial charge on any atom is -0.307 e. The van der Waals surface area contributed by atoms with Crippen LogP contribution in [0.15, 0.2) is 70.8 Å².